The molecule has 2 aromatic carbocycles. The minimum absolute atomic E-state index is 0. The van der Waals surface area contributed by atoms with Gasteiger partial charge in [-0.2, -0.15) is 5.26 Å². The van der Waals surface area contributed by atoms with Crippen LogP contribution in [0.4, 0.5) is 20.9 Å². The van der Waals surface area contributed by atoms with E-state index in [9.17, 15) is 14.4 Å². The second kappa shape index (κ2) is 9.81. The molecule has 0 unspecified atom stereocenters. The first-order valence-electron chi connectivity index (χ1n) is 10.6. The molecule has 3 heterocycles. The monoisotopic (exact) mass is 496 g/mol. The molecule has 0 aliphatic carbocycles. The van der Waals surface area contributed by atoms with Gasteiger partial charge >= 0.3 is 0 Å². The largest absolute Gasteiger partial charge is 0.369 e. The number of pyridine rings is 1. The molecule has 5 rings (SSSR count). The van der Waals surface area contributed by atoms with Gasteiger partial charge in [-0.3, -0.25) is 4.79 Å². The Labute approximate surface area is 205 Å². The summed E-state index contributed by atoms with van der Waals surface area (Å²) in [6.45, 7) is 3.64. The van der Waals surface area contributed by atoms with Gasteiger partial charge in [0.2, 0.25) is 0 Å². The number of nitrogens with zero attached hydrogens (tertiary/aromatic N) is 4. The van der Waals surface area contributed by atoms with Gasteiger partial charge < -0.3 is 20.1 Å². The molecule has 4 aromatic rings. The Morgan fingerprint density at radius 1 is 1.15 bits per heavy atom. The van der Waals surface area contributed by atoms with Gasteiger partial charge in [0.05, 0.1) is 5.69 Å². The van der Waals surface area contributed by atoms with Crippen LogP contribution in [0.5, 0.6) is 0 Å². The number of nitrogens with one attached hydrogen (secondary N) is 2. The van der Waals surface area contributed by atoms with Crippen LogP contribution in [0.15, 0.2) is 53.5 Å². The highest BCUT2D eigenvalue weighted by molar-refractivity contribution is 7.16. The Hall–Kier alpha value is -3.45. The van der Waals surface area contributed by atoms with Crippen molar-refractivity contribution in [3.05, 3.63) is 69.7 Å². The van der Waals surface area contributed by atoms with E-state index in [4.69, 9.17) is 0 Å². The number of anilines is 3. The van der Waals surface area contributed by atoms with E-state index < -0.39 is 0 Å². The number of piperazine rings is 1. The van der Waals surface area contributed by atoms with Crippen LogP contribution < -0.4 is 20.7 Å². The smallest absolute Gasteiger partial charge is 0.255 e. The van der Waals surface area contributed by atoms with Crippen LogP contribution in [0, 0.1) is 17.1 Å². The molecule has 2 N–H and O–H groups in total. The average molecular weight is 497 g/mol. The van der Waals surface area contributed by atoms with E-state index in [2.05, 4.69) is 26.3 Å². The fourth-order valence-corrected chi connectivity index (χ4v) is 4.92. The summed E-state index contributed by atoms with van der Waals surface area (Å²) >= 11 is 1.26. The lowest BCUT2D eigenvalue weighted by atomic mass is 10.1. The van der Waals surface area contributed by atoms with Gasteiger partial charge in [-0.15, -0.1) is 12.4 Å². The molecule has 7 nitrogen and oxygen atoms in total. The molecule has 1 fully saturated rings. The number of fused-ring (bicyclic) bond motifs is 1. The van der Waals surface area contributed by atoms with Crippen molar-refractivity contribution in [3.8, 4) is 17.3 Å². The van der Waals surface area contributed by atoms with Crippen molar-refractivity contribution in [1.29, 1.82) is 5.26 Å². The average Bonchev–Trinajstić information content (AvgIpc) is 3.29. The molecular formula is C24H22ClFN6OS. The highest BCUT2D eigenvalue weighted by Gasteiger charge is 2.20. The molecule has 0 saturated carbocycles. The highest BCUT2D eigenvalue weighted by atomic mass is 35.5. The predicted molar refractivity (Wildman–Crippen MR) is 137 cm³/mol. The van der Waals surface area contributed by atoms with E-state index >= 15 is 0 Å². The molecule has 0 radical (unpaired) electrons. The minimum Gasteiger partial charge on any atom is -0.369 e. The molecule has 1 saturated heterocycles. The third-order valence-electron chi connectivity index (χ3n) is 5.83. The molecule has 0 amide bonds. The van der Waals surface area contributed by atoms with Crippen molar-refractivity contribution in [2.75, 3.05) is 43.0 Å². The Morgan fingerprint density at radius 3 is 2.59 bits per heavy atom. The lowest BCUT2D eigenvalue weighted by Gasteiger charge is -2.30. The first-order chi connectivity index (χ1) is 16.0. The van der Waals surface area contributed by atoms with Crippen LogP contribution >= 0.6 is 23.7 Å². The highest BCUT2D eigenvalue weighted by Crippen LogP contribution is 2.37. The zero-order valence-electron chi connectivity index (χ0n) is 18.3. The number of benzene rings is 2. The molecule has 0 atom stereocenters. The minimum atomic E-state index is -0.343. The summed E-state index contributed by atoms with van der Waals surface area (Å²) in [5.41, 5.74) is 2.88. The third kappa shape index (κ3) is 4.35. The number of hydrogen-bond donors (Lipinski definition) is 2. The molecule has 1 aliphatic heterocycles. The van der Waals surface area contributed by atoms with Crippen molar-refractivity contribution < 1.29 is 4.39 Å². The van der Waals surface area contributed by atoms with E-state index in [0.29, 0.717) is 26.7 Å². The van der Waals surface area contributed by atoms with Gasteiger partial charge in [-0.25, -0.2) is 9.37 Å². The Bertz CT molecular complexity index is 1420. The van der Waals surface area contributed by atoms with E-state index in [1.807, 2.05) is 30.1 Å². The normalized spacial score (nSPS) is 13.4. The summed E-state index contributed by atoms with van der Waals surface area (Å²) in [5, 5.41) is 15.0. The van der Waals surface area contributed by atoms with Crippen LogP contribution in [0.3, 0.4) is 0 Å². The molecule has 10 heteroatoms. The van der Waals surface area contributed by atoms with E-state index in [-0.39, 0.29) is 23.8 Å². The first-order valence-corrected chi connectivity index (χ1v) is 11.4. The maximum atomic E-state index is 13.4. The number of aromatic nitrogens is 2. The van der Waals surface area contributed by atoms with Gasteiger partial charge in [0.1, 0.15) is 22.5 Å². The van der Waals surface area contributed by atoms with E-state index in [1.54, 1.807) is 18.3 Å². The van der Waals surface area contributed by atoms with Crippen molar-refractivity contribution in [2.24, 2.45) is 0 Å². The van der Waals surface area contributed by atoms with E-state index in [0.717, 1.165) is 42.9 Å². The molecular weight excluding hydrogens is 475 g/mol. The van der Waals surface area contributed by atoms with Crippen molar-refractivity contribution in [1.82, 2.24) is 15.3 Å². The summed E-state index contributed by atoms with van der Waals surface area (Å²) in [7, 11) is 1.86. The predicted octanol–water partition coefficient (Wildman–Crippen LogP) is 4.26. The van der Waals surface area contributed by atoms with Crippen LogP contribution in [-0.4, -0.2) is 43.2 Å². The zero-order valence-corrected chi connectivity index (χ0v) is 20.0. The Kier molecular flexibility index (Phi) is 6.84. The zero-order chi connectivity index (χ0) is 22.9. The quantitative estimate of drug-likeness (QED) is 0.439. The topological polar surface area (TPSA) is 88.0 Å². The van der Waals surface area contributed by atoms with Crippen LogP contribution in [0.25, 0.3) is 22.0 Å². The molecule has 0 bridgehead atoms. The van der Waals surface area contributed by atoms with Crippen molar-refractivity contribution in [2.45, 2.75) is 0 Å². The number of hydrogen-bond acceptors (Lipinski definition) is 7. The van der Waals surface area contributed by atoms with Crippen molar-refractivity contribution >= 4 is 51.0 Å². The van der Waals surface area contributed by atoms with Gasteiger partial charge in [-0.1, -0.05) is 11.3 Å². The molecule has 1 aliphatic rings. The molecule has 174 valence electrons. The van der Waals surface area contributed by atoms with E-state index in [1.165, 1.54) is 23.5 Å². The lowest BCUT2D eigenvalue weighted by Crippen LogP contribution is -2.43. The number of halogens is 2. The third-order valence-corrected chi connectivity index (χ3v) is 6.87. The Balaban J connectivity index is 0.00000274. The summed E-state index contributed by atoms with van der Waals surface area (Å²) in [6, 6.07) is 14.0. The first kappa shape index (κ1) is 23.7. The number of thiazole rings is 1. The van der Waals surface area contributed by atoms with Gasteiger partial charge in [0.25, 0.3) is 5.56 Å². The second-order valence-electron chi connectivity index (χ2n) is 7.82. The maximum Gasteiger partial charge on any atom is 0.255 e. The van der Waals surface area contributed by atoms with Gasteiger partial charge in [0.15, 0.2) is 5.13 Å². The SMILES string of the molecule is CN(c1nc(-c2ccc(F)cc2)c(C#N)s1)c1c[nH]c(=O)c2ccc(N3CCNCC3)cc12.Cl. The number of nitriles is 1. The van der Waals surface area contributed by atoms with Crippen LogP contribution in [0.2, 0.25) is 0 Å². The summed E-state index contributed by atoms with van der Waals surface area (Å²) in [6.07, 6.45) is 1.68. The fraction of sp³-hybridized carbons (Fsp3) is 0.208. The lowest BCUT2D eigenvalue weighted by molar-refractivity contribution is 0.589. The van der Waals surface area contributed by atoms with Crippen molar-refractivity contribution in [3.63, 3.8) is 0 Å². The number of rotatable bonds is 4. The van der Waals surface area contributed by atoms with Gasteiger partial charge in [-0.05, 0) is 42.5 Å². The number of H-pyrrole nitrogens is 1. The maximum absolute atomic E-state index is 13.4. The Morgan fingerprint density at radius 2 is 1.88 bits per heavy atom. The standard InChI is InChI=1S/C24H21FN6OS.ClH/c1-30(24-29-22(21(13-26)33-24)15-2-4-16(25)5-3-15)20-14-28-23(32)18-7-6-17(12-19(18)20)31-10-8-27-9-11-31;/h2-7,12,14,27H,8-11H2,1H3,(H,28,32);1H. The number of aromatic amines is 1. The summed E-state index contributed by atoms with van der Waals surface area (Å²) in [5.74, 6) is -0.343. The van der Waals surface area contributed by atoms with Crippen LogP contribution in [-0.2, 0) is 0 Å². The molecule has 2 aromatic heterocycles. The fourth-order valence-electron chi connectivity index (χ4n) is 4.06. The van der Waals surface area contributed by atoms with Crippen LogP contribution in [0.1, 0.15) is 4.88 Å². The van der Waals surface area contributed by atoms with Gasteiger partial charge in [0, 0.05) is 61.4 Å². The molecule has 0 spiro atoms. The second-order valence-corrected chi connectivity index (χ2v) is 8.80. The summed E-state index contributed by atoms with van der Waals surface area (Å²) < 4.78 is 13.4. The summed E-state index contributed by atoms with van der Waals surface area (Å²) in [4.78, 5) is 24.6. The molecule has 34 heavy (non-hydrogen) atoms.